The standard InChI is InChI=1S/C18H22N4O.HI/c1-20-18(22(2)13-14-7-4-3-5-8-14)21-12-15-9-6-10-16(11-15)17(19)23;/h3-11H,12-13H2,1-2H3,(H2,19,23)(H,20,21);1H. The number of primary amides is 1. The van der Waals surface area contributed by atoms with Crippen LogP contribution in [-0.2, 0) is 13.1 Å². The lowest BCUT2D eigenvalue weighted by atomic mass is 10.1. The predicted octanol–water partition coefficient (Wildman–Crippen LogP) is 2.61. The minimum absolute atomic E-state index is 0. The summed E-state index contributed by atoms with van der Waals surface area (Å²) in [4.78, 5) is 17.6. The number of hydrogen-bond donors (Lipinski definition) is 2. The Labute approximate surface area is 160 Å². The van der Waals surface area contributed by atoms with Gasteiger partial charge in [0, 0.05) is 32.7 Å². The molecule has 6 heteroatoms. The predicted molar refractivity (Wildman–Crippen MR) is 108 cm³/mol. The van der Waals surface area contributed by atoms with Crippen molar-refractivity contribution in [2.75, 3.05) is 14.1 Å². The van der Waals surface area contributed by atoms with E-state index in [1.165, 1.54) is 5.56 Å². The molecule has 0 fully saturated rings. The van der Waals surface area contributed by atoms with Crippen LogP contribution in [0.5, 0.6) is 0 Å². The van der Waals surface area contributed by atoms with E-state index in [0.29, 0.717) is 12.1 Å². The number of benzene rings is 2. The zero-order valence-corrected chi connectivity index (χ0v) is 16.2. The van der Waals surface area contributed by atoms with Crippen LogP contribution in [0, 0.1) is 0 Å². The molecule has 0 saturated carbocycles. The van der Waals surface area contributed by atoms with Crippen LogP contribution >= 0.6 is 24.0 Å². The third kappa shape index (κ3) is 5.84. The monoisotopic (exact) mass is 438 g/mol. The second kappa shape index (κ2) is 9.92. The first-order chi connectivity index (χ1) is 11.1. The van der Waals surface area contributed by atoms with E-state index in [4.69, 9.17) is 5.73 Å². The zero-order valence-electron chi connectivity index (χ0n) is 13.9. The Morgan fingerprint density at radius 1 is 1.12 bits per heavy atom. The first-order valence-electron chi connectivity index (χ1n) is 7.44. The maximum atomic E-state index is 11.2. The molecule has 0 radical (unpaired) electrons. The minimum Gasteiger partial charge on any atom is -0.366 e. The summed E-state index contributed by atoms with van der Waals surface area (Å²) in [5.41, 5.74) is 8.02. The number of aliphatic imine (C=N–C) groups is 1. The number of halogens is 1. The SMILES string of the molecule is CN=C(NCc1cccc(C(N)=O)c1)N(C)Cc1ccccc1.I. The number of nitrogens with two attached hydrogens (primary N) is 1. The lowest BCUT2D eigenvalue weighted by Crippen LogP contribution is -2.38. The molecule has 1 amide bonds. The summed E-state index contributed by atoms with van der Waals surface area (Å²) in [6.45, 7) is 1.34. The molecule has 0 heterocycles. The Hall–Kier alpha value is -2.09. The van der Waals surface area contributed by atoms with Gasteiger partial charge in [-0.25, -0.2) is 0 Å². The molecule has 0 aliphatic heterocycles. The fourth-order valence-corrected chi connectivity index (χ4v) is 2.33. The fourth-order valence-electron chi connectivity index (χ4n) is 2.33. The Morgan fingerprint density at radius 2 is 1.79 bits per heavy atom. The molecule has 128 valence electrons. The van der Waals surface area contributed by atoms with Gasteiger partial charge in [-0.2, -0.15) is 0 Å². The molecular formula is C18H23IN4O. The van der Waals surface area contributed by atoms with Gasteiger partial charge in [0.25, 0.3) is 0 Å². The number of carbonyl (C=O) groups is 1. The van der Waals surface area contributed by atoms with Crippen molar-refractivity contribution in [1.29, 1.82) is 0 Å². The highest BCUT2D eigenvalue weighted by molar-refractivity contribution is 14.0. The smallest absolute Gasteiger partial charge is 0.248 e. The van der Waals surface area contributed by atoms with Crippen molar-refractivity contribution in [2.45, 2.75) is 13.1 Å². The lowest BCUT2D eigenvalue weighted by molar-refractivity contribution is 0.1000. The largest absolute Gasteiger partial charge is 0.366 e. The summed E-state index contributed by atoms with van der Waals surface area (Å²) in [6.07, 6.45) is 0. The van der Waals surface area contributed by atoms with Gasteiger partial charge >= 0.3 is 0 Å². The number of guanidine groups is 1. The van der Waals surface area contributed by atoms with Crippen LogP contribution in [0.4, 0.5) is 0 Å². The van der Waals surface area contributed by atoms with Crippen molar-refractivity contribution in [3.8, 4) is 0 Å². The van der Waals surface area contributed by atoms with Gasteiger partial charge in [-0.1, -0.05) is 42.5 Å². The quantitative estimate of drug-likeness (QED) is 0.429. The second-order valence-corrected chi connectivity index (χ2v) is 5.31. The number of nitrogens with one attached hydrogen (secondary N) is 1. The van der Waals surface area contributed by atoms with E-state index in [2.05, 4.69) is 22.4 Å². The molecule has 2 aromatic carbocycles. The van der Waals surface area contributed by atoms with Crippen LogP contribution in [0.2, 0.25) is 0 Å². The summed E-state index contributed by atoms with van der Waals surface area (Å²) in [6, 6.07) is 17.5. The highest BCUT2D eigenvalue weighted by Crippen LogP contribution is 2.06. The molecule has 0 aliphatic carbocycles. The van der Waals surface area contributed by atoms with Crippen molar-refractivity contribution in [2.24, 2.45) is 10.7 Å². The van der Waals surface area contributed by atoms with Crippen molar-refractivity contribution in [1.82, 2.24) is 10.2 Å². The first-order valence-corrected chi connectivity index (χ1v) is 7.44. The van der Waals surface area contributed by atoms with Crippen molar-refractivity contribution < 1.29 is 4.79 Å². The van der Waals surface area contributed by atoms with Crippen molar-refractivity contribution in [3.05, 3.63) is 71.3 Å². The van der Waals surface area contributed by atoms with Gasteiger partial charge in [-0.05, 0) is 23.3 Å². The van der Waals surface area contributed by atoms with Crippen LogP contribution in [0.15, 0.2) is 59.6 Å². The Bertz CT molecular complexity index is 688. The van der Waals surface area contributed by atoms with Gasteiger partial charge in [0.2, 0.25) is 5.91 Å². The van der Waals surface area contributed by atoms with Gasteiger partial charge in [0.15, 0.2) is 5.96 Å². The topological polar surface area (TPSA) is 70.7 Å². The summed E-state index contributed by atoms with van der Waals surface area (Å²) < 4.78 is 0. The average molecular weight is 438 g/mol. The average Bonchev–Trinajstić information content (AvgIpc) is 2.56. The Balaban J connectivity index is 0.00000288. The van der Waals surface area contributed by atoms with Gasteiger partial charge in [-0.15, -0.1) is 24.0 Å². The molecule has 0 aliphatic rings. The summed E-state index contributed by atoms with van der Waals surface area (Å²) in [5, 5.41) is 3.30. The van der Waals surface area contributed by atoms with Crippen LogP contribution in [0.25, 0.3) is 0 Å². The molecule has 2 aromatic rings. The molecule has 0 spiro atoms. The van der Waals surface area contributed by atoms with Gasteiger partial charge < -0.3 is 16.0 Å². The van der Waals surface area contributed by atoms with Crippen molar-refractivity contribution in [3.63, 3.8) is 0 Å². The van der Waals surface area contributed by atoms with E-state index < -0.39 is 5.91 Å². The lowest BCUT2D eigenvalue weighted by Gasteiger charge is -2.22. The summed E-state index contributed by atoms with van der Waals surface area (Å²) in [7, 11) is 3.74. The maximum Gasteiger partial charge on any atom is 0.248 e. The normalized spacial score (nSPS) is 10.7. The van der Waals surface area contributed by atoms with E-state index in [1.54, 1.807) is 19.2 Å². The zero-order chi connectivity index (χ0) is 16.7. The molecule has 0 unspecified atom stereocenters. The second-order valence-electron chi connectivity index (χ2n) is 5.31. The molecule has 2 rings (SSSR count). The van der Waals surface area contributed by atoms with Crippen molar-refractivity contribution >= 4 is 35.8 Å². The van der Waals surface area contributed by atoms with Crippen LogP contribution in [0.1, 0.15) is 21.5 Å². The van der Waals surface area contributed by atoms with Gasteiger partial charge in [-0.3, -0.25) is 9.79 Å². The molecule has 0 bridgehead atoms. The van der Waals surface area contributed by atoms with E-state index in [0.717, 1.165) is 18.1 Å². The third-order valence-corrected chi connectivity index (χ3v) is 3.50. The molecule has 3 N–H and O–H groups in total. The molecular weight excluding hydrogens is 415 g/mol. The number of rotatable bonds is 5. The fraction of sp³-hybridized carbons (Fsp3) is 0.222. The molecule has 5 nitrogen and oxygen atoms in total. The minimum atomic E-state index is -0.419. The molecule has 0 atom stereocenters. The summed E-state index contributed by atoms with van der Waals surface area (Å²) >= 11 is 0. The van der Waals surface area contributed by atoms with E-state index in [1.807, 2.05) is 42.3 Å². The van der Waals surface area contributed by atoms with E-state index in [-0.39, 0.29) is 24.0 Å². The van der Waals surface area contributed by atoms with E-state index in [9.17, 15) is 4.79 Å². The third-order valence-electron chi connectivity index (χ3n) is 3.50. The van der Waals surface area contributed by atoms with Gasteiger partial charge in [0.05, 0.1) is 0 Å². The molecule has 24 heavy (non-hydrogen) atoms. The highest BCUT2D eigenvalue weighted by Gasteiger charge is 2.07. The number of hydrogen-bond acceptors (Lipinski definition) is 2. The molecule has 0 aromatic heterocycles. The van der Waals surface area contributed by atoms with Crippen LogP contribution in [-0.4, -0.2) is 30.9 Å². The van der Waals surface area contributed by atoms with Crippen LogP contribution in [0.3, 0.4) is 0 Å². The van der Waals surface area contributed by atoms with Gasteiger partial charge in [0.1, 0.15) is 0 Å². The Kier molecular flexibility index (Phi) is 8.25. The summed E-state index contributed by atoms with van der Waals surface area (Å²) in [5.74, 6) is 0.371. The first kappa shape index (κ1) is 20.0. The highest BCUT2D eigenvalue weighted by atomic mass is 127. The Morgan fingerprint density at radius 3 is 2.42 bits per heavy atom. The van der Waals surface area contributed by atoms with Crippen LogP contribution < -0.4 is 11.1 Å². The number of nitrogens with zero attached hydrogens (tertiary/aromatic N) is 2. The molecule has 0 saturated heterocycles. The maximum absolute atomic E-state index is 11.2. The number of carbonyl (C=O) groups excluding carboxylic acids is 1. The van der Waals surface area contributed by atoms with E-state index >= 15 is 0 Å². The number of amides is 1.